The Morgan fingerprint density at radius 3 is 2.32 bits per heavy atom. The third-order valence-electron chi connectivity index (χ3n) is 3.10. The predicted octanol–water partition coefficient (Wildman–Crippen LogP) is 1.36. The number of halogens is 1. The van der Waals surface area contributed by atoms with Gasteiger partial charge in [0.25, 0.3) is 0 Å². The molecule has 104 valence electrons. The SMILES string of the molecule is O=C(CS(=O)(=O)Cc1ccc(F)cc1)N1CCCC1. The summed E-state index contributed by atoms with van der Waals surface area (Å²) >= 11 is 0. The second kappa shape index (κ2) is 5.69. The van der Waals surface area contributed by atoms with Gasteiger partial charge in [-0.3, -0.25) is 4.79 Å². The van der Waals surface area contributed by atoms with E-state index >= 15 is 0 Å². The number of nitrogens with zero attached hydrogens (tertiary/aromatic N) is 1. The summed E-state index contributed by atoms with van der Waals surface area (Å²) in [6.07, 6.45) is 1.87. The van der Waals surface area contributed by atoms with E-state index in [0.717, 1.165) is 12.8 Å². The monoisotopic (exact) mass is 285 g/mol. The molecule has 0 atom stereocenters. The molecule has 0 radical (unpaired) electrons. The van der Waals surface area contributed by atoms with Gasteiger partial charge in [-0.15, -0.1) is 0 Å². The van der Waals surface area contributed by atoms with E-state index in [1.54, 1.807) is 4.90 Å². The van der Waals surface area contributed by atoms with Crippen LogP contribution in [0.4, 0.5) is 4.39 Å². The molecule has 1 aliphatic rings. The van der Waals surface area contributed by atoms with E-state index in [1.807, 2.05) is 0 Å². The lowest BCUT2D eigenvalue weighted by molar-refractivity contribution is -0.127. The van der Waals surface area contributed by atoms with Gasteiger partial charge in [0.05, 0.1) is 5.75 Å². The van der Waals surface area contributed by atoms with Crippen LogP contribution in [0.1, 0.15) is 18.4 Å². The second-order valence-electron chi connectivity index (χ2n) is 4.75. The number of hydrogen-bond acceptors (Lipinski definition) is 3. The van der Waals surface area contributed by atoms with E-state index in [2.05, 4.69) is 0 Å². The second-order valence-corrected chi connectivity index (χ2v) is 6.81. The van der Waals surface area contributed by atoms with Crippen LogP contribution in [0, 0.1) is 5.82 Å². The fraction of sp³-hybridized carbons (Fsp3) is 0.462. The molecule has 4 nitrogen and oxygen atoms in total. The molecule has 0 bridgehead atoms. The summed E-state index contributed by atoms with van der Waals surface area (Å²) in [5, 5.41) is 0. The van der Waals surface area contributed by atoms with Crippen molar-refractivity contribution in [2.45, 2.75) is 18.6 Å². The van der Waals surface area contributed by atoms with Gasteiger partial charge in [0.1, 0.15) is 11.6 Å². The highest BCUT2D eigenvalue weighted by molar-refractivity contribution is 7.91. The zero-order valence-corrected chi connectivity index (χ0v) is 11.3. The molecular weight excluding hydrogens is 269 g/mol. The summed E-state index contributed by atoms with van der Waals surface area (Å²) in [6.45, 7) is 1.29. The fourth-order valence-corrected chi connectivity index (χ4v) is 3.49. The zero-order chi connectivity index (χ0) is 13.9. The highest BCUT2D eigenvalue weighted by atomic mass is 32.2. The lowest BCUT2D eigenvalue weighted by Crippen LogP contribution is -2.33. The number of rotatable bonds is 4. The first-order chi connectivity index (χ1) is 8.96. The number of likely N-dealkylation sites (tertiary alicyclic amines) is 1. The molecule has 0 aliphatic carbocycles. The molecule has 1 amide bonds. The van der Waals surface area contributed by atoms with Crippen molar-refractivity contribution < 1.29 is 17.6 Å². The maximum Gasteiger partial charge on any atom is 0.237 e. The van der Waals surface area contributed by atoms with E-state index in [0.29, 0.717) is 18.7 Å². The molecule has 1 aromatic rings. The molecule has 6 heteroatoms. The van der Waals surface area contributed by atoms with E-state index in [1.165, 1.54) is 24.3 Å². The summed E-state index contributed by atoms with van der Waals surface area (Å²) in [5.41, 5.74) is 0.496. The Hall–Kier alpha value is -1.43. The number of benzene rings is 1. The summed E-state index contributed by atoms with van der Waals surface area (Å²) < 4.78 is 36.5. The van der Waals surface area contributed by atoms with Gasteiger partial charge in [-0.2, -0.15) is 0 Å². The van der Waals surface area contributed by atoms with Crippen molar-refractivity contribution in [3.8, 4) is 0 Å². The summed E-state index contributed by atoms with van der Waals surface area (Å²) in [5.74, 6) is -1.44. The first-order valence-corrected chi connectivity index (χ1v) is 8.01. The Kier molecular flexibility index (Phi) is 4.19. The third-order valence-corrected chi connectivity index (χ3v) is 4.56. The number of sulfone groups is 1. The van der Waals surface area contributed by atoms with Gasteiger partial charge in [0.15, 0.2) is 9.84 Å². The minimum absolute atomic E-state index is 0.229. The normalized spacial score (nSPS) is 15.7. The lowest BCUT2D eigenvalue weighted by Gasteiger charge is -2.15. The molecule has 0 saturated carbocycles. The Morgan fingerprint density at radius 1 is 1.16 bits per heavy atom. The number of carbonyl (C=O) groups is 1. The summed E-state index contributed by atoms with van der Waals surface area (Å²) in [6, 6.07) is 5.28. The van der Waals surface area contributed by atoms with Crippen LogP contribution in [0.15, 0.2) is 24.3 Å². The fourth-order valence-electron chi connectivity index (χ4n) is 2.13. The topological polar surface area (TPSA) is 54.5 Å². The predicted molar refractivity (Wildman–Crippen MR) is 69.7 cm³/mol. The number of carbonyl (C=O) groups excluding carboxylic acids is 1. The molecule has 0 N–H and O–H groups in total. The molecule has 1 saturated heterocycles. The van der Waals surface area contributed by atoms with Crippen molar-refractivity contribution in [3.63, 3.8) is 0 Å². The molecule has 0 spiro atoms. The molecule has 19 heavy (non-hydrogen) atoms. The van der Waals surface area contributed by atoms with Crippen LogP contribution in [-0.4, -0.2) is 38.1 Å². The highest BCUT2D eigenvalue weighted by Gasteiger charge is 2.24. The summed E-state index contributed by atoms with van der Waals surface area (Å²) in [7, 11) is -3.50. The summed E-state index contributed by atoms with van der Waals surface area (Å²) in [4.78, 5) is 13.4. The number of hydrogen-bond donors (Lipinski definition) is 0. The van der Waals surface area contributed by atoms with E-state index in [9.17, 15) is 17.6 Å². The van der Waals surface area contributed by atoms with Crippen LogP contribution >= 0.6 is 0 Å². The van der Waals surface area contributed by atoms with Crippen LogP contribution in [-0.2, 0) is 20.4 Å². The molecule has 1 aliphatic heterocycles. The molecule has 1 fully saturated rings. The van der Waals surface area contributed by atoms with Crippen molar-refractivity contribution in [2.24, 2.45) is 0 Å². The van der Waals surface area contributed by atoms with Gasteiger partial charge in [-0.05, 0) is 30.5 Å². The molecule has 2 rings (SSSR count). The van der Waals surface area contributed by atoms with Gasteiger partial charge in [0.2, 0.25) is 5.91 Å². The maximum atomic E-state index is 12.7. The van der Waals surface area contributed by atoms with Gasteiger partial charge in [-0.25, -0.2) is 12.8 Å². The van der Waals surface area contributed by atoms with Crippen molar-refractivity contribution in [1.82, 2.24) is 4.90 Å². The van der Waals surface area contributed by atoms with Crippen LogP contribution in [0.5, 0.6) is 0 Å². The Labute approximate surface area is 112 Å². The van der Waals surface area contributed by atoms with Gasteiger partial charge in [-0.1, -0.05) is 12.1 Å². The van der Waals surface area contributed by atoms with Crippen molar-refractivity contribution in [1.29, 1.82) is 0 Å². The Balaban J connectivity index is 1.98. The Bertz CT molecular complexity index is 548. The highest BCUT2D eigenvalue weighted by Crippen LogP contribution is 2.12. The third kappa shape index (κ3) is 4.02. The standard InChI is InChI=1S/C13H16FNO3S/c14-12-5-3-11(4-6-12)9-19(17,18)10-13(16)15-7-1-2-8-15/h3-6H,1-2,7-10H2. The van der Waals surface area contributed by atoms with Crippen molar-refractivity contribution >= 4 is 15.7 Å². The molecule has 1 heterocycles. The average Bonchev–Trinajstić information content (AvgIpc) is 2.85. The largest absolute Gasteiger partial charge is 0.342 e. The van der Waals surface area contributed by atoms with Crippen molar-refractivity contribution in [2.75, 3.05) is 18.8 Å². The van der Waals surface area contributed by atoms with E-state index < -0.39 is 21.4 Å². The lowest BCUT2D eigenvalue weighted by atomic mass is 10.2. The van der Waals surface area contributed by atoms with Crippen molar-refractivity contribution in [3.05, 3.63) is 35.6 Å². The van der Waals surface area contributed by atoms with E-state index in [-0.39, 0.29) is 11.7 Å². The minimum Gasteiger partial charge on any atom is -0.342 e. The zero-order valence-electron chi connectivity index (χ0n) is 10.5. The maximum absolute atomic E-state index is 12.7. The smallest absolute Gasteiger partial charge is 0.237 e. The van der Waals surface area contributed by atoms with Crippen LogP contribution in [0.3, 0.4) is 0 Å². The van der Waals surface area contributed by atoms with Crippen LogP contribution in [0.25, 0.3) is 0 Å². The van der Waals surface area contributed by atoms with Gasteiger partial charge < -0.3 is 4.90 Å². The molecule has 0 aromatic heterocycles. The molecule has 0 unspecified atom stereocenters. The molecular formula is C13H16FNO3S. The first-order valence-electron chi connectivity index (χ1n) is 6.19. The minimum atomic E-state index is -3.50. The van der Waals surface area contributed by atoms with Crippen LogP contribution in [0.2, 0.25) is 0 Å². The molecule has 1 aromatic carbocycles. The van der Waals surface area contributed by atoms with E-state index in [4.69, 9.17) is 0 Å². The average molecular weight is 285 g/mol. The van der Waals surface area contributed by atoms with Crippen LogP contribution < -0.4 is 0 Å². The van der Waals surface area contributed by atoms with Gasteiger partial charge >= 0.3 is 0 Å². The Morgan fingerprint density at radius 2 is 1.74 bits per heavy atom. The van der Waals surface area contributed by atoms with Gasteiger partial charge in [0, 0.05) is 13.1 Å². The quantitative estimate of drug-likeness (QED) is 0.839. The number of amides is 1. The first kappa shape index (κ1) is 14.0.